The molecule has 2 nitrogen and oxygen atoms in total. The average molecular weight is 266 g/mol. The minimum atomic E-state index is 0.764. The Morgan fingerprint density at radius 1 is 1.11 bits per heavy atom. The number of rotatable bonds is 5. The highest BCUT2D eigenvalue weighted by atomic mass is 15.2. The summed E-state index contributed by atoms with van der Waals surface area (Å²) in [6, 6.07) is 2.39. The van der Waals surface area contributed by atoms with Gasteiger partial charge in [0.05, 0.1) is 0 Å². The summed E-state index contributed by atoms with van der Waals surface area (Å²) >= 11 is 0. The van der Waals surface area contributed by atoms with Crippen molar-refractivity contribution in [3.05, 3.63) is 0 Å². The van der Waals surface area contributed by atoms with Crippen LogP contribution in [0.5, 0.6) is 0 Å². The molecule has 0 aromatic heterocycles. The number of likely N-dealkylation sites (tertiary alicyclic amines) is 1. The SMILES string of the molecule is CCNC1CCN(C(CC)C2CCCCC2)C(C)C1. The summed E-state index contributed by atoms with van der Waals surface area (Å²) in [6.45, 7) is 9.52. The molecule has 3 unspecified atom stereocenters. The third kappa shape index (κ3) is 3.95. The van der Waals surface area contributed by atoms with Gasteiger partial charge in [-0.05, 0) is 51.5 Å². The Hall–Kier alpha value is -0.0800. The Balaban J connectivity index is 1.91. The Labute approximate surface area is 120 Å². The van der Waals surface area contributed by atoms with Crippen LogP contribution in [0.3, 0.4) is 0 Å². The summed E-state index contributed by atoms with van der Waals surface area (Å²) in [5.41, 5.74) is 0. The van der Waals surface area contributed by atoms with Gasteiger partial charge in [0.1, 0.15) is 0 Å². The van der Waals surface area contributed by atoms with E-state index in [9.17, 15) is 0 Å². The van der Waals surface area contributed by atoms with Crippen LogP contribution in [0.2, 0.25) is 0 Å². The van der Waals surface area contributed by atoms with Gasteiger partial charge < -0.3 is 5.32 Å². The minimum absolute atomic E-state index is 0.764. The quantitative estimate of drug-likeness (QED) is 0.814. The third-order valence-corrected chi connectivity index (χ3v) is 5.46. The summed E-state index contributed by atoms with van der Waals surface area (Å²) in [5.74, 6) is 0.983. The van der Waals surface area contributed by atoms with Crippen LogP contribution in [0, 0.1) is 5.92 Å². The highest BCUT2D eigenvalue weighted by Gasteiger charge is 2.33. The fourth-order valence-electron chi connectivity index (χ4n) is 4.51. The van der Waals surface area contributed by atoms with Gasteiger partial charge in [-0.3, -0.25) is 4.90 Å². The minimum Gasteiger partial charge on any atom is -0.314 e. The summed E-state index contributed by atoms with van der Waals surface area (Å²) in [5, 5.41) is 3.65. The smallest absolute Gasteiger partial charge is 0.0124 e. The van der Waals surface area contributed by atoms with Crippen LogP contribution in [0.15, 0.2) is 0 Å². The van der Waals surface area contributed by atoms with Gasteiger partial charge in [-0.1, -0.05) is 33.1 Å². The van der Waals surface area contributed by atoms with Crippen LogP contribution < -0.4 is 5.32 Å². The topological polar surface area (TPSA) is 15.3 Å². The molecule has 0 bridgehead atoms. The van der Waals surface area contributed by atoms with E-state index >= 15 is 0 Å². The molecule has 1 aliphatic carbocycles. The van der Waals surface area contributed by atoms with E-state index in [-0.39, 0.29) is 0 Å². The maximum atomic E-state index is 3.65. The van der Waals surface area contributed by atoms with Gasteiger partial charge in [-0.25, -0.2) is 0 Å². The molecule has 1 saturated heterocycles. The zero-order chi connectivity index (χ0) is 13.7. The van der Waals surface area contributed by atoms with Crippen molar-refractivity contribution in [2.24, 2.45) is 5.92 Å². The van der Waals surface area contributed by atoms with Crippen LogP contribution in [-0.4, -0.2) is 36.1 Å². The van der Waals surface area contributed by atoms with Crippen molar-refractivity contribution >= 4 is 0 Å². The second-order valence-corrected chi connectivity index (χ2v) is 6.74. The van der Waals surface area contributed by atoms with Gasteiger partial charge in [0, 0.05) is 24.7 Å². The molecule has 112 valence electrons. The number of piperidine rings is 1. The van der Waals surface area contributed by atoms with Crippen molar-refractivity contribution in [3.8, 4) is 0 Å². The summed E-state index contributed by atoms with van der Waals surface area (Å²) in [4.78, 5) is 2.85. The van der Waals surface area contributed by atoms with E-state index in [1.807, 2.05) is 0 Å². The van der Waals surface area contributed by atoms with Crippen LogP contribution in [-0.2, 0) is 0 Å². The molecule has 0 aromatic carbocycles. The van der Waals surface area contributed by atoms with Crippen molar-refractivity contribution in [1.29, 1.82) is 0 Å². The first-order valence-corrected chi connectivity index (χ1v) is 8.75. The highest BCUT2D eigenvalue weighted by molar-refractivity contribution is 4.89. The number of hydrogen-bond donors (Lipinski definition) is 1. The van der Waals surface area contributed by atoms with Crippen LogP contribution in [0.25, 0.3) is 0 Å². The second kappa shape index (κ2) is 7.64. The van der Waals surface area contributed by atoms with Crippen LogP contribution >= 0.6 is 0 Å². The molecule has 0 spiro atoms. The molecule has 1 saturated carbocycles. The molecule has 1 N–H and O–H groups in total. The molecular weight excluding hydrogens is 232 g/mol. The van der Waals surface area contributed by atoms with Gasteiger partial charge in [0.2, 0.25) is 0 Å². The standard InChI is InChI=1S/C17H34N2/c1-4-17(15-9-7-6-8-10-15)19-12-11-16(18-5-2)13-14(19)3/h14-18H,4-13H2,1-3H3. The Kier molecular flexibility index (Phi) is 6.15. The second-order valence-electron chi connectivity index (χ2n) is 6.74. The molecule has 2 fully saturated rings. The fourth-order valence-corrected chi connectivity index (χ4v) is 4.51. The molecule has 19 heavy (non-hydrogen) atoms. The monoisotopic (exact) mass is 266 g/mol. The lowest BCUT2D eigenvalue weighted by Crippen LogP contribution is -2.53. The normalized spacial score (nSPS) is 32.4. The molecule has 0 aromatic rings. The molecule has 3 atom stereocenters. The van der Waals surface area contributed by atoms with Gasteiger partial charge in [-0.2, -0.15) is 0 Å². The highest BCUT2D eigenvalue weighted by Crippen LogP contribution is 2.33. The number of nitrogens with one attached hydrogen (secondary N) is 1. The van der Waals surface area contributed by atoms with Crippen LogP contribution in [0.1, 0.15) is 72.1 Å². The van der Waals surface area contributed by atoms with Crippen molar-refractivity contribution in [2.45, 2.75) is 90.3 Å². The Morgan fingerprint density at radius 2 is 1.84 bits per heavy atom. The predicted octanol–water partition coefficient (Wildman–Crippen LogP) is 3.81. The maximum absolute atomic E-state index is 3.65. The molecule has 1 heterocycles. The fraction of sp³-hybridized carbons (Fsp3) is 1.00. The molecule has 2 rings (SSSR count). The number of nitrogens with zero attached hydrogens (tertiary/aromatic N) is 1. The van der Waals surface area contributed by atoms with Crippen molar-refractivity contribution in [3.63, 3.8) is 0 Å². The van der Waals surface area contributed by atoms with Crippen LogP contribution in [0.4, 0.5) is 0 Å². The van der Waals surface area contributed by atoms with E-state index in [0.717, 1.165) is 30.6 Å². The first kappa shape index (κ1) is 15.3. The van der Waals surface area contributed by atoms with Crippen molar-refractivity contribution < 1.29 is 0 Å². The van der Waals surface area contributed by atoms with E-state index < -0.39 is 0 Å². The maximum Gasteiger partial charge on any atom is 0.0124 e. The molecule has 2 aliphatic rings. The zero-order valence-corrected chi connectivity index (χ0v) is 13.3. The molecule has 0 radical (unpaired) electrons. The van der Waals surface area contributed by atoms with E-state index in [4.69, 9.17) is 0 Å². The van der Waals surface area contributed by atoms with Gasteiger partial charge in [0.25, 0.3) is 0 Å². The van der Waals surface area contributed by atoms with Crippen molar-refractivity contribution in [1.82, 2.24) is 10.2 Å². The lowest BCUT2D eigenvalue weighted by atomic mass is 9.80. The summed E-state index contributed by atoms with van der Waals surface area (Å²) in [7, 11) is 0. The molecule has 1 aliphatic heterocycles. The lowest BCUT2D eigenvalue weighted by molar-refractivity contribution is 0.0431. The Morgan fingerprint density at radius 3 is 2.42 bits per heavy atom. The van der Waals surface area contributed by atoms with E-state index in [1.165, 1.54) is 57.9 Å². The first-order chi connectivity index (χ1) is 9.26. The van der Waals surface area contributed by atoms with Gasteiger partial charge in [-0.15, -0.1) is 0 Å². The summed E-state index contributed by atoms with van der Waals surface area (Å²) < 4.78 is 0. The first-order valence-electron chi connectivity index (χ1n) is 8.75. The van der Waals surface area contributed by atoms with Crippen molar-refractivity contribution in [2.75, 3.05) is 13.1 Å². The van der Waals surface area contributed by atoms with E-state index in [2.05, 4.69) is 31.0 Å². The summed E-state index contributed by atoms with van der Waals surface area (Å²) in [6.07, 6.45) is 11.4. The van der Waals surface area contributed by atoms with E-state index in [1.54, 1.807) is 0 Å². The third-order valence-electron chi connectivity index (χ3n) is 5.46. The predicted molar refractivity (Wildman–Crippen MR) is 83.5 cm³/mol. The zero-order valence-electron chi connectivity index (χ0n) is 13.3. The lowest BCUT2D eigenvalue weighted by Gasteiger charge is -2.46. The average Bonchev–Trinajstić information content (AvgIpc) is 2.43. The van der Waals surface area contributed by atoms with Gasteiger partial charge >= 0.3 is 0 Å². The van der Waals surface area contributed by atoms with E-state index in [0.29, 0.717) is 0 Å². The molecular formula is C17H34N2. The Bertz CT molecular complexity index is 248. The van der Waals surface area contributed by atoms with Gasteiger partial charge in [0.15, 0.2) is 0 Å². The molecule has 0 amide bonds. The number of hydrogen-bond acceptors (Lipinski definition) is 2. The largest absolute Gasteiger partial charge is 0.314 e. The molecule has 2 heteroatoms.